The van der Waals surface area contributed by atoms with E-state index in [0.29, 0.717) is 19.4 Å². The van der Waals surface area contributed by atoms with Gasteiger partial charge in [0.1, 0.15) is 12.3 Å². The molecule has 0 aliphatic heterocycles. The number of rotatable bonds is 10. The largest absolute Gasteiger partial charge is 0.477 e. The molecule has 0 bridgehead atoms. The van der Waals surface area contributed by atoms with Crippen molar-refractivity contribution in [2.75, 3.05) is 18.5 Å². The molecule has 0 spiro atoms. The Labute approximate surface area is 203 Å². The number of anilines is 1. The highest BCUT2D eigenvalue weighted by molar-refractivity contribution is 5.92. The zero-order valence-electron chi connectivity index (χ0n) is 19.5. The van der Waals surface area contributed by atoms with Crippen molar-refractivity contribution in [3.63, 3.8) is 0 Å². The molecule has 1 aromatic heterocycles. The Morgan fingerprint density at radius 3 is 2.29 bits per heavy atom. The van der Waals surface area contributed by atoms with E-state index >= 15 is 0 Å². The molecule has 0 radical (unpaired) electrons. The van der Waals surface area contributed by atoms with E-state index in [9.17, 15) is 14.4 Å². The van der Waals surface area contributed by atoms with Crippen LogP contribution in [0.2, 0.25) is 0 Å². The van der Waals surface area contributed by atoms with Gasteiger partial charge in [-0.15, -0.1) is 0 Å². The number of nitrogens with zero attached hydrogens (tertiary/aromatic N) is 2. The Morgan fingerprint density at radius 2 is 1.66 bits per heavy atom. The molecule has 1 aliphatic rings. The van der Waals surface area contributed by atoms with Gasteiger partial charge in [-0.2, -0.15) is 5.10 Å². The van der Waals surface area contributed by atoms with Crippen molar-refractivity contribution >= 4 is 23.8 Å². The van der Waals surface area contributed by atoms with Crippen molar-refractivity contribution in [2.45, 2.75) is 31.6 Å². The fraction of sp³-hybridized carbons (Fsp3) is 0.308. The van der Waals surface area contributed by atoms with Gasteiger partial charge in [0.05, 0.1) is 0 Å². The second-order valence-electron chi connectivity index (χ2n) is 8.45. The topological polar surface area (TPSA) is 123 Å². The van der Waals surface area contributed by atoms with E-state index < -0.39 is 12.1 Å². The van der Waals surface area contributed by atoms with Crippen molar-refractivity contribution in [1.29, 1.82) is 0 Å². The first-order valence-corrected chi connectivity index (χ1v) is 11.6. The van der Waals surface area contributed by atoms with Crippen LogP contribution in [0.25, 0.3) is 11.1 Å². The SMILES string of the molecule is Cn1nc(NC(=O)CCCCCNC(=O)OCC2c3ccccc3-c3ccccc32)cc1C(=O)O. The maximum absolute atomic E-state index is 12.2. The summed E-state index contributed by atoms with van der Waals surface area (Å²) < 4.78 is 6.72. The first-order chi connectivity index (χ1) is 16.9. The molecule has 35 heavy (non-hydrogen) atoms. The lowest BCUT2D eigenvalue weighted by Crippen LogP contribution is -2.27. The molecule has 1 heterocycles. The molecule has 2 aromatic carbocycles. The van der Waals surface area contributed by atoms with E-state index in [1.807, 2.05) is 24.3 Å². The molecule has 3 N–H and O–H groups in total. The quantitative estimate of drug-likeness (QED) is 0.378. The number of amides is 2. The molecule has 1 aliphatic carbocycles. The van der Waals surface area contributed by atoms with Crippen molar-refractivity contribution < 1.29 is 24.2 Å². The number of carboxylic acids is 1. The number of alkyl carbamates (subject to hydrolysis) is 1. The molecular formula is C26H28N4O5. The third kappa shape index (κ3) is 5.68. The predicted molar refractivity (Wildman–Crippen MR) is 130 cm³/mol. The van der Waals surface area contributed by atoms with Crippen LogP contribution in [0.4, 0.5) is 10.6 Å². The molecule has 9 nitrogen and oxygen atoms in total. The summed E-state index contributed by atoms with van der Waals surface area (Å²) in [5.74, 6) is -1.10. The molecule has 2 amide bonds. The number of hydrogen-bond donors (Lipinski definition) is 3. The van der Waals surface area contributed by atoms with Crippen molar-refractivity contribution in [3.8, 4) is 11.1 Å². The molecule has 0 unspecified atom stereocenters. The summed E-state index contributed by atoms with van der Waals surface area (Å²) in [5, 5.41) is 18.4. The van der Waals surface area contributed by atoms with Gasteiger partial charge >= 0.3 is 12.1 Å². The summed E-state index contributed by atoms with van der Waals surface area (Å²) in [6, 6.07) is 17.7. The van der Waals surface area contributed by atoms with Gasteiger partial charge in [0.15, 0.2) is 5.82 Å². The van der Waals surface area contributed by atoms with Crippen LogP contribution in [0.1, 0.15) is 53.2 Å². The lowest BCUT2D eigenvalue weighted by atomic mass is 9.98. The number of benzene rings is 2. The molecule has 9 heteroatoms. The van der Waals surface area contributed by atoms with Gasteiger partial charge in [-0.05, 0) is 35.1 Å². The average Bonchev–Trinajstić information content (AvgIpc) is 3.37. The lowest BCUT2D eigenvalue weighted by molar-refractivity contribution is -0.116. The Morgan fingerprint density at radius 1 is 1.00 bits per heavy atom. The maximum atomic E-state index is 12.2. The number of hydrogen-bond acceptors (Lipinski definition) is 5. The first-order valence-electron chi connectivity index (χ1n) is 11.6. The van der Waals surface area contributed by atoms with E-state index in [1.165, 1.54) is 40.0 Å². The molecule has 0 atom stereocenters. The summed E-state index contributed by atoms with van der Waals surface area (Å²) >= 11 is 0. The second kappa shape index (κ2) is 10.9. The summed E-state index contributed by atoms with van der Waals surface area (Å²) in [6.07, 6.45) is 1.93. The standard InChI is InChI=1S/C26H28N4O5/c1-30-22(25(32)33)15-23(29-30)28-24(31)13-3-2-8-14-27-26(34)35-16-21-19-11-6-4-9-17(19)18-10-5-7-12-20(18)21/h4-7,9-12,15,21H,2-3,8,13-14,16H2,1H3,(H,27,34)(H,32,33)(H,28,29,31). The number of carboxylic acid groups (broad SMARTS) is 1. The number of carbonyl (C=O) groups excluding carboxylic acids is 2. The van der Waals surface area contributed by atoms with Gasteiger partial charge in [0.25, 0.3) is 0 Å². The van der Waals surface area contributed by atoms with Gasteiger partial charge in [-0.1, -0.05) is 55.0 Å². The van der Waals surface area contributed by atoms with Crippen LogP contribution in [-0.4, -0.2) is 46.0 Å². The van der Waals surface area contributed by atoms with Gasteiger partial charge in [-0.3, -0.25) is 9.48 Å². The number of aryl methyl sites for hydroxylation is 1. The van der Waals surface area contributed by atoms with Gasteiger partial charge < -0.3 is 20.5 Å². The molecule has 0 saturated carbocycles. The number of fused-ring (bicyclic) bond motifs is 3. The molecule has 4 rings (SSSR count). The minimum Gasteiger partial charge on any atom is -0.477 e. The Bertz CT molecular complexity index is 1190. The average molecular weight is 477 g/mol. The first kappa shape index (κ1) is 24.0. The highest BCUT2D eigenvalue weighted by Gasteiger charge is 2.28. The summed E-state index contributed by atoms with van der Waals surface area (Å²) in [6.45, 7) is 0.734. The Hall–Kier alpha value is -4.14. The van der Waals surface area contributed by atoms with Crippen molar-refractivity contribution in [2.24, 2.45) is 7.05 Å². The van der Waals surface area contributed by atoms with Crippen LogP contribution in [0.3, 0.4) is 0 Å². The smallest absolute Gasteiger partial charge is 0.407 e. The van der Waals surface area contributed by atoms with Crippen molar-refractivity contribution in [1.82, 2.24) is 15.1 Å². The highest BCUT2D eigenvalue weighted by atomic mass is 16.5. The minimum atomic E-state index is -1.11. The maximum Gasteiger partial charge on any atom is 0.407 e. The summed E-state index contributed by atoms with van der Waals surface area (Å²) in [7, 11) is 1.50. The highest BCUT2D eigenvalue weighted by Crippen LogP contribution is 2.44. The Balaban J connectivity index is 1.13. The number of nitrogens with one attached hydrogen (secondary N) is 2. The van der Waals surface area contributed by atoms with Crippen molar-refractivity contribution in [3.05, 3.63) is 71.4 Å². The summed E-state index contributed by atoms with van der Waals surface area (Å²) in [5.41, 5.74) is 4.71. The van der Waals surface area contributed by atoms with E-state index in [0.717, 1.165) is 6.42 Å². The van der Waals surface area contributed by atoms with Gasteiger partial charge in [0, 0.05) is 32.0 Å². The zero-order valence-corrected chi connectivity index (χ0v) is 19.5. The summed E-state index contributed by atoms with van der Waals surface area (Å²) in [4.78, 5) is 35.3. The molecule has 0 saturated heterocycles. The lowest BCUT2D eigenvalue weighted by Gasteiger charge is -2.14. The Kier molecular flexibility index (Phi) is 7.45. The third-order valence-corrected chi connectivity index (χ3v) is 6.06. The number of ether oxygens (including phenoxy) is 1. The molecule has 3 aromatic rings. The van der Waals surface area contributed by atoms with E-state index in [-0.39, 0.29) is 36.4 Å². The fourth-order valence-corrected chi connectivity index (χ4v) is 4.36. The third-order valence-electron chi connectivity index (χ3n) is 6.06. The monoisotopic (exact) mass is 476 g/mol. The number of aromatic nitrogens is 2. The number of unbranched alkanes of at least 4 members (excludes halogenated alkanes) is 2. The van der Waals surface area contributed by atoms with Crippen LogP contribution < -0.4 is 10.6 Å². The number of aromatic carboxylic acids is 1. The van der Waals surface area contributed by atoms with Crippen LogP contribution in [-0.2, 0) is 16.6 Å². The number of carbonyl (C=O) groups is 3. The van der Waals surface area contributed by atoms with Gasteiger partial charge in [-0.25, -0.2) is 9.59 Å². The van der Waals surface area contributed by atoms with Crippen LogP contribution in [0, 0.1) is 0 Å². The van der Waals surface area contributed by atoms with E-state index in [1.54, 1.807) is 0 Å². The van der Waals surface area contributed by atoms with Gasteiger partial charge in [0.2, 0.25) is 5.91 Å². The molecular weight excluding hydrogens is 448 g/mol. The van der Waals surface area contributed by atoms with Crippen LogP contribution in [0.5, 0.6) is 0 Å². The minimum absolute atomic E-state index is 0.000362. The van der Waals surface area contributed by atoms with E-state index in [4.69, 9.17) is 9.84 Å². The zero-order chi connectivity index (χ0) is 24.8. The van der Waals surface area contributed by atoms with E-state index in [2.05, 4.69) is 40.0 Å². The fourth-order valence-electron chi connectivity index (χ4n) is 4.36. The molecule has 182 valence electrons. The second-order valence-corrected chi connectivity index (χ2v) is 8.45. The normalized spacial score (nSPS) is 12.0. The predicted octanol–water partition coefficient (Wildman–Crippen LogP) is 4.16. The van der Waals surface area contributed by atoms with Crippen LogP contribution in [0.15, 0.2) is 54.6 Å². The molecule has 0 fully saturated rings. The van der Waals surface area contributed by atoms with Crippen LogP contribution >= 0.6 is 0 Å².